The summed E-state index contributed by atoms with van der Waals surface area (Å²) in [7, 11) is 0. The number of rotatable bonds is 6. The summed E-state index contributed by atoms with van der Waals surface area (Å²) in [5.74, 6) is 1.37. The molecule has 3 heterocycles. The van der Waals surface area contributed by atoms with Crippen molar-refractivity contribution in [1.29, 1.82) is 0 Å². The number of alkyl carbamates (subject to hydrolysis) is 1. The summed E-state index contributed by atoms with van der Waals surface area (Å²) >= 11 is 0. The number of carbonyl (C=O) groups is 1. The number of nitrogen functional groups attached to an aromatic ring is 1. The van der Waals surface area contributed by atoms with Crippen LogP contribution in [0.25, 0.3) is 11.3 Å². The van der Waals surface area contributed by atoms with E-state index in [-0.39, 0.29) is 31.1 Å². The van der Waals surface area contributed by atoms with E-state index in [0.717, 1.165) is 92.2 Å². The van der Waals surface area contributed by atoms with Crippen molar-refractivity contribution in [3.05, 3.63) is 29.6 Å². The number of ether oxygens (including phenoxy) is 3. The second-order valence-electron chi connectivity index (χ2n) is 11.5. The minimum Gasteiger partial charge on any atom is -0.488 e. The molecule has 1 aromatic carbocycles. The van der Waals surface area contributed by atoms with Crippen molar-refractivity contribution >= 4 is 17.6 Å². The number of nitrogens with one attached hydrogen (secondary N) is 2. The van der Waals surface area contributed by atoms with Crippen LogP contribution in [0, 0.1) is 0 Å². The van der Waals surface area contributed by atoms with Gasteiger partial charge in [0.1, 0.15) is 24.0 Å². The normalized spacial score (nSPS) is 25.9. The molecule has 1 amide bonds. The fraction of sp³-hybridized carbons (Fsp3) is 0.621. The summed E-state index contributed by atoms with van der Waals surface area (Å²) < 4.78 is 17.7. The Morgan fingerprint density at radius 3 is 2.67 bits per heavy atom. The smallest absolute Gasteiger partial charge is 0.407 e. The predicted octanol–water partition coefficient (Wildman–Crippen LogP) is 3.74. The van der Waals surface area contributed by atoms with Gasteiger partial charge in [-0.2, -0.15) is 0 Å². The number of nitrogens with zero attached hydrogens (tertiary/aromatic N) is 3. The number of aromatic nitrogens is 2. The Hall–Kier alpha value is -3.11. The maximum Gasteiger partial charge on any atom is 0.407 e. The molecule has 0 spiro atoms. The Balaban J connectivity index is 0.00000308. The number of hydrogen-bond acceptors (Lipinski definition) is 9. The van der Waals surface area contributed by atoms with Crippen molar-refractivity contribution < 1.29 is 19.0 Å². The first kappa shape index (κ1) is 27.5. The van der Waals surface area contributed by atoms with Gasteiger partial charge in [0.25, 0.3) is 0 Å². The molecule has 1 saturated carbocycles. The van der Waals surface area contributed by atoms with Gasteiger partial charge in [0.2, 0.25) is 0 Å². The van der Waals surface area contributed by atoms with Crippen LogP contribution in [0.2, 0.25) is 0 Å². The number of hydrogen-bond donors (Lipinski definition) is 3. The minimum atomic E-state index is -0.373. The van der Waals surface area contributed by atoms with Gasteiger partial charge < -0.3 is 30.6 Å². The van der Waals surface area contributed by atoms with Gasteiger partial charge >= 0.3 is 6.09 Å². The van der Waals surface area contributed by atoms with Gasteiger partial charge in [0.05, 0.1) is 43.8 Å². The van der Waals surface area contributed by atoms with E-state index in [1.54, 1.807) is 0 Å². The van der Waals surface area contributed by atoms with Gasteiger partial charge in [-0.1, -0.05) is 21.3 Å². The maximum absolute atomic E-state index is 11.6. The quantitative estimate of drug-likeness (QED) is 0.505. The van der Waals surface area contributed by atoms with Gasteiger partial charge in [0, 0.05) is 30.3 Å². The first-order valence-electron chi connectivity index (χ1n) is 13.8. The van der Waals surface area contributed by atoms with Gasteiger partial charge in [-0.15, -0.1) is 0 Å². The Morgan fingerprint density at radius 1 is 1.18 bits per heavy atom. The Labute approximate surface area is 231 Å². The number of cyclic esters (lactones) is 1. The monoisotopic (exact) mass is 538 g/mol. The summed E-state index contributed by atoms with van der Waals surface area (Å²) in [6.07, 6.45) is 6.18. The van der Waals surface area contributed by atoms with Gasteiger partial charge in [-0.05, 0) is 55.2 Å². The summed E-state index contributed by atoms with van der Waals surface area (Å²) in [4.78, 5) is 23.1. The molecule has 10 nitrogen and oxygen atoms in total. The van der Waals surface area contributed by atoms with Crippen molar-refractivity contribution in [1.82, 2.24) is 20.2 Å². The lowest BCUT2D eigenvalue weighted by molar-refractivity contribution is -0.000983. The first-order valence-corrected chi connectivity index (χ1v) is 13.8. The lowest BCUT2D eigenvalue weighted by Crippen LogP contribution is -2.46. The molecule has 3 fully saturated rings. The van der Waals surface area contributed by atoms with Crippen LogP contribution >= 0.6 is 0 Å². The minimum absolute atomic E-state index is 0. The number of nitrogens with two attached hydrogens (primary N) is 1. The number of amides is 1. The zero-order chi connectivity index (χ0) is 26.3. The Morgan fingerprint density at radius 2 is 1.95 bits per heavy atom. The molecular weight excluding hydrogens is 496 g/mol. The highest BCUT2D eigenvalue weighted by atomic mass is 16.6. The highest BCUT2D eigenvalue weighted by molar-refractivity contribution is 5.82. The molecule has 1 unspecified atom stereocenters. The van der Waals surface area contributed by atoms with Crippen LogP contribution < -0.4 is 21.1 Å². The second kappa shape index (κ2) is 11.2. The average molecular weight is 539 g/mol. The van der Waals surface area contributed by atoms with Crippen LogP contribution in [0.4, 0.5) is 16.3 Å². The number of anilines is 2. The maximum atomic E-state index is 11.6. The summed E-state index contributed by atoms with van der Waals surface area (Å²) in [5, 5.41) is 6.34. The first-order chi connectivity index (χ1) is 18.4. The number of morpholine rings is 1. The fourth-order valence-electron chi connectivity index (χ4n) is 6.54. The van der Waals surface area contributed by atoms with Crippen molar-refractivity contribution in [2.45, 2.75) is 77.0 Å². The molecule has 2 aromatic rings. The molecular formula is C29H42N6O4. The topological polar surface area (TPSA) is 124 Å². The summed E-state index contributed by atoms with van der Waals surface area (Å²) in [6.45, 7) is 9.07. The largest absolute Gasteiger partial charge is 0.488 e. The van der Waals surface area contributed by atoms with Crippen molar-refractivity contribution in [2.24, 2.45) is 0 Å². The van der Waals surface area contributed by atoms with Crippen molar-refractivity contribution in [2.75, 3.05) is 50.4 Å². The highest BCUT2D eigenvalue weighted by Crippen LogP contribution is 2.48. The molecule has 4 N–H and O–H groups in total. The molecule has 2 aliphatic heterocycles. The van der Waals surface area contributed by atoms with Gasteiger partial charge in [-0.25, -0.2) is 14.8 Å². The third-order valence-electron chi connectivity index (χ3n) is 8.46. The third-order valence-corrected chi connectivity index (χ3v) is 8.46. The number of benzene rings is 1. The molecule has 10 heteroatoms. The Bertz CT molecular complexity index is 1190. The SMILES string of the molecule is C.CC1(C)Cc2c(ccc(OC3CCC(N4CCOCC4)CC3)c2NCC2CNC(=O)O2)-c2ncnc(N)c21. The van der Waals surface area contributed by atoms with Crippen LogP contribution in [0.1, 0.15) is 58.1 Å². The molecule has 0 radical (unpaired) electrons. The van der Waals surface area contributed by atoms with Crippen molar-refractivity contribution in [3.63, 3.8) is 0 Å². The van der Waals surface area contributed by atoms with E-state index in [9.17, 15) is 4.79 Å². The van der Waals surface area contributed by atoms with E-state index in [2.05, 4.69) is 51.5 Å². The molecule has 39 heavy (non-hydrogen) atoms. The summed E-state index contributed by atoms with van der Waals surface area (Å²) in [6, 6.07) is 4.77. The zero-order valence-electron chi connectivity index (χ0n) is 22.3. The van der Waals surface area contributed by atoms with E-state index in [4.69, 9.17) is 19.9 Å². The van der Waals surface area contributed by atoms with Crippen LogP contribution in [0.3, 0.4) is 0 Å². The van der Waals surface area contributed by atoms with Crippen LogP contribution in [0.5, 0.6) is 5.75 Å². The molecule has 4 aliphatic rings. The highest BCUT2D eigenvalue weighted by Gasteiger charge is 2.37. The van der Waals surface area contributed by atoms with Gasteiger partial charge in [-0.3, -0.25) is 4.90 Å². The standard InChI is InChI=1S/C28H38N6O4.CH4/c1-28(2)13-21-20(25-23(28)26(29)33-16-32-25)7-8-22(24(21)30-14-19-15-31-27(35)38-19)37-18-5-3-17(4-6-18)34-9-11-36-12-10-34;/h7-8,16-19,30H,3-6,9-15H2,1-2H3,(H,31,35)(H2,29,32,33);1H4. The van der Waals surface area contributed by atoms with Gasteiger partial charge in [0.15, 0.2) is 0 Å². The second-order valence-corrected chi connectivity index (χ2v) is 11.5. The van der Waals surface area contributed by atoms with Crippen LogP contribution in [-0.2, 0) is 21.3 Å². The number of fused-ring (bicyclic) bond motifs is 3. The fourth-order valence-corrected chi connectivity index (χ4v) is 6.54. The van der Waals surface area contributed by atoms with E-state index in [1.807, 2.05) is 0 Å². The average Bonchev–Trinajstić information content (AvgIpc) is 3.33. The lowest BCUT2D eigenvalue weighted by atomic mass is 9.71. The number of carbonyl (C=O) groups excluding carboxylic acids is 1. The van der Waals surface area contributed by atoms with Crippen LogP contribution in [0.15, 0.2) is 18.5 Å². The van der Waals surface area contributed by atoms with Crippen LogP contribution in [-0.4, -0.2) is 78.6 Å². The molecule has 1 aromatic heterocycles. The summed E-state index contributed by atoms with van der Waals surface area (Å²) in [5.41, 5.74) is 11.1. The zero-order valence-corrected chi connectivity index (χ0v) is 22.3. The van der Waals surface area contributed by atoms with E-state index < -0.39 is 0 Å². The molecule has 0 bridgehead atoms. The molecule has 1 atom stereocenters. The molecule has 2 aliphatic carbocycles. The molecule has 6 rings (SSSR count). The predicted molar refractivity (Wildman–Crippen MR) is 151 cm³/mol. The molecule has 212 valence electrons. The Kier molecular flexibility index (Phi) is 7.87. The third kappa shape index (κ3) is 5.49. The van der Waals surface area contributed by atoms with Crippen molar-refractivity contribution in [3.8, 4) is 17.0 Å². The lowest BCUT2D eigenvalue weighted by Gasteiger charge is -2.39. The van der Waals surface area contributed by atoms with E-state index in [0.29, 0.717) is 24.9 Å². The molecule has 2 saturated heterocycles. The van der Waals surface area contributed by atoms with E-state index >= 15 is 0 Å². The van der Waals surface area contributed by atoms with E-state index in [1.165, 1.54) is 6.33 Å².